The highest BCUT2D eigenvalue weighted by Gasteiger charge is 2.18. The van der Waals surface area contributed by atoms with Crippen molar-refractivity contribution in [3.8, 4) is 5.75 Å². The van der Waals surface area contributed by atoms with Crippen molar-refractivity contribution in [2.75, 3.05) is 26.6 Å². The van der Waals surface area contributed by atoms with Crippen molar-refractivity contribution in [2.45, 2.75) is 18.4 Å². The van der Waals surface area contributed by atoms with Gasteiger partial charge >= 0.3 is 0 Å². The van der Waals surface area contributed by atoms with Crippen LogP contribution in [-0.4, -0.2) is 45.5 Å². The van der Waals surface area contributed by atoms with Gasteiger partial charge in [-0.25, -0.2) is 8.42 Å². The Morgan fingerprint density at radius 2 is 1.97 bits per heavy atom. The minimum atomic E-state index is -3.55. The quantitative estimate of drug-likeness (QED) is 0.571. The molecule has 0 bridgehead atoms. The van der Waals surface area contributed by atoms with Gasteiger partial charge < -0.3 is 14.0 Å². The van der Waals surface area contributed by atoms with Crippen molar-refractivity contribution in [1.82, 2.24) is 4.57 Å². The zero-order valence-corrected chi connectivity index (χ0v) is 18.0. The topological polar surface area (TPSA) is 87.0 Å². The van der Waals surface area contributed by atoms with E-state index in [0.717, 1.165) is 22.2 Å². The second kappa shape index (κ2) is 8.89. The maximum atomic E-state index is 12.9. The number of benzene rings is 2. The fourth-order valence-corrected chi connectivity index (χ4v) is 4.87. The Balaban J connectivity index is 2.15. The minimum Gasteiger partial charge on any atom is -0.494 e. The van der Waals surface area contributed by atoms with Crippen LogP contribution >= 0.6 is 11.3 Å². The number of methoxy groups -OCH3 is 1. The number of aromatic nitrogens is 1. The zero-order valence-electron chi connectivity index (χ0n) is 16.4. The average molecular weight is 435 g/mol. The molecule has 0 unspecified atom stereocenters. The van der Waals surface area contributed by atoms with E-state index in [0.29, 0.717) is 24.6 Å². The first-order valence-corrected chi connectivity index (χ1v) is 11.7. The Labute approximate surface area is 173 Å². The first kappa shape index (κ1) is 21.2. The van der Waals surface area contributed by atoms with Gasteiger partial charge in [0.15, 0.2) is 14.6 Å². The van der Waals surface area contributed by atoms with Gasteiger partial charge in [-0.2, -0.15) is 4.99 Å². The number of sulfone groups is 1. The molecule has 0 aliphatic heterocycles. The largest absolute Gasteiger partial charge is 0.494 e. The number of hydrogen-bond acceptors (Lipinski definition) is 6. The standard InChI is InChI=1S/C20H22N2O5S2/c1-4-27-14-9-10-16-17(13-14)28-20(22(16)11-12-26-2)21-19(23)15-7-5-6-8-18(15)29(3,24)25/h5-10,13H,4,11-12H2,1-3H3. The molecule has 7 nitrogen and oxygen atoms in total. The van der Waals surface area contributed by atoms with Crippen LogP contribution in [0, 0.1) is 0 Å². The lowest BCUT2D eigenvalue weighted by molar-refractivity contribution is 0.0994. The van der Waals surface area contributed by atoms with E-state index in [4.69, 9.17) is 9.47 Å². The van der Waals surface area contributed by atoms with Gasteiger partial charge in [0.1, 0.15) is 5.75 Å². The summed E-state index contributed by atoms with van der Waals surface area (Å²) in [6.07, 6.45) is 1.08. The number of hydrogen-bond donors (Lipinski definition) is 0. The Morgan fingerprint density at radius 1 is 1.21 bits per heavy atom. The van der Waals surface area contributed by atoms with E-state index in [1.54, 1.807) is 19.2 Å². The van der Waals surface area contributed by atoms with E-state index < -0.39 is 15.7 Å². The van der Waals surface area contributed by atoms with Crippen molar-refractivity contribution in [3.63, 3.8) is 0 Å². The van der Waals surface area contributed by atoms with Gasteiger partial charge in [0.2, 0.25) is 0 Å². The van der Waals surface area contributed by atoms with Gasteiger partial charge in [-0.1, -0.05) is 23.5 Å². The Bertz CT molecular complexity index is 1210. The molecule has 2 aromatic carbocycles. The monoisotopic (exact) mass is 434 g/mol. The second-order valence-electron chi connectivity index (χ2n) is 6.28. The van der Waals surface area contributed by atoms with Crippen molar-refractivity contribution in [2.24, 2.45) is 4.99 Å². The van der Waals surface area contributed by atoms with E-state index in [1.807, 2.05) is 29.7 Å². The Morgan fingerprint density at radius 3 is 2.66 bits per heavy atom. The summed E-state index contributed by atoms with van der Waals surface area (Å²) in [6.45, 7) is 3.42. The molecule has 0 saturated heterocycles. The molecule has 0 aliphatic carbocycles. The van der Waals surface area contributed by atoms with E-state index >= 15 is 0 Å². The van der Waals surface area contributed by atoms with Crippen molar-refractivity contribution >= 4 is 37.3 Å². The third-order valence-electron chi connectivity index (χ3n) is 4.20. The van der Waals surface area contributed by atoms with Crippen LogP contribution in [0.4, 0.5) is 0 Å². The fraction of sp³-hybridized carbons (Fsp3) is 0.300. The summed E-state index contributed by atoms with van der Waals surface area (Å²) in [5.74, 6) is 0.134. The lowest BCUT2D eigenvalue weighted by atomic mass is 10.2. The molecule has 1 heterocycles. The van der Waals surface area contributed by atoms with Crippen molar-refractivity contribution in [3.05, 3.63) is 52.8 Å². The van der Waals surface area contributed by atoms with Crippen molar-refractivity contribution in [1.29, 1.82) is 0 Å². The molecule has 9 heteroatoms. The van der Waals surface area contributed by atoms with E-state index in [-0.39, 0.29) is 10.5 Å². The van der Waals surface area contributed by atoms with E-state index in [1.165, 1.54) is 23.5 Å². The van der Waals surface area contributed by atoms with E-state index in [2.05, 4.69) is 4.99 Å². The maximum absolute atomic E-state index is 12.9. The van der Waals surface area contributed by atoms with Gasteiger partial charge in [0, 0.05) is 19.9 Å². The summed E-state index contributed by atoms with van der Waals surface area (Å²) in [6, 6.07) is 11.8. The van der Waals surface area contributed by atoms with Crippen LogP contribution in [0.25, 0.3) is 10.2 Å². The molecular weight excluding hydrogens is 412 g/mol. The second-order valence-corrected chi connectivity index (χ2v) is 9.27. The summed E-state index contributed by atoms with van der Waals surface area (Å²) >= 11 is 1.34. The third kappa shape index (κ3) is 4.75. The number of thiazole rings is 1. The number of ether oxygens (including phenoxy) is 2. The molecule has 3 aromatic rings. The minimum absolute atomic E-state index is 0.0306. The third-order valence-corrected chi connectivity index (χ3v) is 6.39. The number of nitrogens with zero attached hydrogens (tertiary/aromatic N) is 2. The van der Waals surface area contributed by atoms with Crippen LogP contribution < -0.4 is 9.54 Å². The molecule has 0 fully saturated rings. The highest BCUT2D eigenvalue weighted by Crippen LogP contribution is 2.24. The summed E-state index contributed by atoms with van der Waals surface area (Å²) in [7, 11) is -1.95. The first-order chi connectivity index (χ1) is 13.8. The molecule has 0 radical (unpaired) electrons. The van der Waals surface area contributed by atoms with Crippen LogP contribution in [0.15, 0.2) is 52.4 Å². The summed E-state index contributed by atoms with van der Waals surface area (Å²) < 4.78 is 37.6. The highest BCUT2D eigenvalue weighted by molar-refractivity contribution is 7.90. The van der Waals surface area contributed by atoms with Gasteiger partial charge in [0.25, 0.3) is 5.91 Å². The smallest absolute Gasteiger partial charge is 0.280 e. The lowest BCUT2D eigenvalue weighted by Gasteiger charge is -2.06. The molecule has 29 heavy (non-hydrogen) atoms. The first-order valence-electron chi connectivity index (χ1n) is 8.98. The molecule has 1 amide bonds. The molecule has 0 atom stereocenters. The van der Waals surface area contributed by atoms with Crippen LogP contribution in [-0.2, 0) is 21.1 Å². The Kier molecular flexibility index (Phi) is 6.51. The molecule has 0 N–H and O–H groups in total. The fourth-order valence-electron chi connectivity index (χ4n) is 2.91. The lowest BCUT2D eigenvalue weighted by Crippen LogP contribution is -2.20. The van der Waals surface area contributed by atoms with Gasteiger partial charge in [0.05, 0.1) is 33.9 Å². The molecule has 1 aromatic heterocycles. The Hall–Kier alpha value is -2.49. The predicted octanol–water partition coefficient (Wildman–Crippen LogP) is 2.89. The molecule has 154 valence electrons. The van der Waals surface area contributed by atoms with Gasteiger partial charge in [-0.15, -0.1) is 0 Å². The summed E-state index contributed by atoms with van der Waals surface area (Å²) in [5.41, 5.74) is 0.958. The number of carbonyl (C=O) groups is 1. The molecule has 0 spiro atoms. The number of amides is 1. The predicted molar refractivity (Wildman–Crippen MR) is 112 cm³/mol. The molecular formula is C20H22N2O5S2. The van der Waals surface area contributed by atoms with Crippen LogP contribution in [0.2, 0.25) is 0 Å². The normalized spacial score (nSPS) is 12.4. The summed E-state index contributed by atoms with van der Waals surface area (Å²) in [4.78, 5) is 17.6. The number of carbonyl (C=O) groups excluding carboxylic acids is 1. The van der Waals surface area contributed by atoms with E-state index in [9.17, 15) is 13.2 Å². The van der Waals surface area contributed by atoms with Crippen LogP contribution in [0.5, 0.6) is 5.75 Å². The number of rotatable bonds is 7. The average Bonchev–Trinajstić information content (AvgIpc) is 3.02. The molecule has 0 saturated carbocycles. The molecule has 3 rings (SSSR count). The highest BCUT2D eigenvalue weighted by atomic mass is 32.2. The molecule has 0 aliphatic rings. The maximum Gasteiger partial charge on any atom is 0.280 e. The number of fused-ring (bicyclic) bond motifs is 1. The van der Waals surface area contributed by atoms with Crippen LogP contribution in [0.1, 0.15) is 17.3 Å². The van der Waals surface area contributed by atoms with Gasteiger partial charge in [-0.3, -0.25) is 4.79 Å². The van der Waals surface area contributed by atoms with Crippen molar-refractivity contribution < 1.29 is 22.7 Å². The SMILES string of the molecule is CCOc1ccc2c(c1)sc(=NC(=O)c1ccccc1S(C)(=O)=O)n2CCOC. The summed E-state index contributed by atoms with van der Waals surface area (Å²) in [5, 5.41) is 0. The zero-order chi connectivity index (χ0) is 21.0. The van der Waals surface area contributed by atoms with Crippen LogP contribution in [0.3, 0.4) is 0 Å². The van der Waals surface area contributed by atoms with Gasteiger partial charge in [-0.05, 0) is 37.3 Å².